The fraction of sp³-hybridized carbons (Fsp3) is 0.231. The summed E-state index contributed by atoms with van der Waals surface area (Å²) in [4.78, 5) is 44.1. The third kappa shape index (κ3) is 5.65. The van der Waals surface area contributed by atoms with Gasteiger partial charge in [0.15, 0.2) is 5.78 Å². The minimum absolute atomic E-state index is 0.116. The number of carbonyl (C=O) groups excluding carboxylic acids is 3. The van der Waals surface area contributed by atoms with Crippen LogP contribution in [0.3, 0.4) is 0 Å². The van der Waals surface area contributed by atoms with Crippen LogP contribution in [0.1, 0.15) is 39.3 Å². The number of aromatic nitrogens is 1. The van der Waals surface area contributed by atoms with Gasteiger partial charge in [0.05, 0.1) is 18.8 Å². The van der Waals surface area contributed by atoms with Crippen molar-refractivity contribution in [1.82, 2.24) is 4.98 Å². The van der Waals surface area contributed by atoms with Crippen molar-refractivity contribution in [3.05, 3.63) is 89.6 Å². The molecule has 0 bridgehead atoms. The number of amides is 1. The number of ether oxygens (including phenoxy) is 2. The zero-order valence-corrected chi connectivity index (χ0v) is 18.8. The van der Waals surface area contributed by atoms with Gasteiger partial charge in [-0.3, -0.25) is 9.59 Å². The van der Waals surface area contributed by atoms with Crippen LogP contribution in [0.2, 0.25) is 0 Å². The van der Waals surface area contributed by atoms with E-state index in [9.17, 15) is 14.4 Å². The minimum Gasteiger partial charge on any atom is -0.444 e. The van der Waals surface area contributed by atoms with Gasteiger partial charge in [-0.2, -0.15) is 0 Å². The molecule has 1 aliphatic heterocycles. The maximum Gasteiger partial charge on any atom is 0.340 e. The summed E-state index contributed by atoms with van der Waals surface area (Å²) in [6.07, 6.45) is 0.261. The number of ketones is 1. The first-order valence-corrected chi connectivity index (χ1v) is 11.0. The predicted molar refractivity (Wildman–Crippen MR) is 127 cm³/mol. The third-order valence-corrected chi connectivity index (χ3v) is 5.42. The van der Waals surface area contributed by atoms with Crippen molar-refractivity contribution in [3.8, 4) is 0 Å². The summed E-state index contributed by atoms with van der Waals surface area (Å²) in [6.45, 7) is 4.19. The molecule has 8 nitrogen and oxygen atoms in total. The Morgan fingerprint density at radius 1 is 0.971 bits per heavy atom. The van der Waals surface area contributed by atoms with Crippen molar-refractivity contribution in [2.45, 2.75) is 13.0 Å². The number of rotatable bonds is 7. The maximum atomic E-state index is 13.1. The van der Waals surface area contributed by atoms with Gasteiger partial charge in [0.25, 0.3) is 5.91 Å². The molecule has 2 heterocycles. The SMILES string of the molecule is CC(=O)c1cccc(NC(=O)C(OC(=O)c2ccc(N3CCOCC3)nc2)c2ccccc2)c1. The number of pyridine rings is 1. The lowest BCUT2D eigenvalue weighted by Gasteiger charge is -2.27. The summed E-state index contributed by atoms with van der Waals surface area (Å²) in [7, 11) is 0. The second-order valence-corrected chi connectivity index (χ2v) is 7.83. The lowest BCUT2D eigenvalue weighted by molar-refractivity contribution is -0.125. The number of esters is 1. The third-order valence-electron chi connectivity index (χ3n) is 5.42. The molecular formula is C26H25N3O5. The van der Waals surface area contributed by atoms with Gasteiger partial charge in [0.1, 0.15) is 5.82 Å². The van der Waals surface area contributed by atoms with Gasteiger partial charge in [-0.15, -0.1) is 0 Å². The zero-order valence-electron chi connectivity index (χ0n) is 18.8. The zero-order chi connectivity index (χ0) is 23.9. The van der Waals surface area contributed by atoms with E-state index in [-0.39, 0.29) is 11.3 Å². The molecule has 34 heavy (non-hydrogen) atoms. The summed E-state index contributed by atoms with van der Waals surface area (Å²) in [5.41, 5.74) is 1.67. The molecule has 0 spiro atoms. The minimum atomic E-state index is -1.19. The predicted octanol–water partition coefficient (Wildman–Crippen LogP) is 3.66. The number of hydrogen-bond donors (Lipinski definition) is 1. The highest BCUT2D eigenvalue weighted by molar-refractivity contribution is 6.00. The smallest absolute Gasteiger partial charge is 0.340 e. The first-order valence-electron chi connectivity index (χ1n) is 11.0. The Labute approximate surface area is 197 Å². The maximum absolute atomic E-state index is 13.1. The Balaban J connectivity index is 1.51. The Hall–Kier alpha value is -4.04. The average Bonchev–Trinajstić information content (AvgIpc) is 2.88. The summed E-state index contributed by atoms with van der Waals surface area (Å²) in [5, 5.41) is 2.74. The molecule has 0 radical (unpaired) electrons. The Kier molecular flexibility index (Phi) is 7.29. The van der Waals surface area contributed by atoms with Gasteiger partial charge >= 0.3 is 5.97 Å². The monoisotopic (exact) mass is 459 g/mol. The van der Waals surface area contributed by atoms with Crippen molar-refractivity contribution in [1.29, 1.82) is 0 Å². The molecule has 1 aliphatic rings. The second kappa shape index (κ2) is 10.7. The lowest BCUT2D eigenvalue weighted by Crippen LogP contribution is -2.36. The van der Waals surface area contributed by atoms with Gasteiger partial charge in [0.2, 0.25) is 6.10 Å². The fourth-order valence-corrected chi connectivity index (χ4v) is 3.59. The molecule has 0 aliphatic carbocycles. The fourth-order valence-electron chi connectivity index (χ4n) is 3.59. The summed E-state index contributed by atoms with van der Waals surface area (Å²) in [6, 6.07) is 18.7. The van der Waals surface area contributed by atoms with Crippen molar-refractivity contribution >= 4 is 29.2 Å². The molecular weight excluding hydrogens is 434 g/mol. The van der Waals surface area contributed by atoms with E-state index >= 15 is 0 Å². The molecule has 1 amide bonds. The number of carbonyl (C=O) groups is 3. The Morgan fingerprint density at radius 2 is 1.74 bits per heavy atom. The van der Waals surface area contributed by atoms with Crippen LogP contribution in [-0.4, -0.2) is 48.9 Å². The molecule has 1 aromatic heterocycles. The molecule has 1 saturated heterocycles. The van der Waals surface area contributed by atoms with E-state index in [4.69, 9.17) is 9.47 Å². The molecule has 4 rings (SSSR count). The largest absolute Gasteiger partial charge is 0.444 e. The van der Waals surface area contributed by atoms with Gasteiger partial charge in [0, 0.05) is 36.1 Å². The van der Waals surface area contributed by atoms with E-state index in [2.05, 4.69) is 15.2 Å². The van der Waals surface area contributed by atoms with Gasteiger partial charge < -0.3 is 19.7 Å². The second-order valence-electron chi connectivity index (χ2n) is 7.83. The molecule has 2 aromatic carbocycles. The molecule has 0 saturated carbocycles. The van der Waals surface area contributed by atoms with Crippen LogP contribution in [0.25, 0.3) is 0 Å². The number of benzene rings is 2. The number of Topliss-reactive ketones (excluding diaryl/α,β-unsaturated/α-hetero) is 1. The van der Waals surface area contributed by atoms with Gasteiger partial charge in [-0.1, -0.05) is 42.5 Å². The summed E-state index contributed by atoms with van der Waals surface area (Å²) >= 11 is 0. The normalized spacial score (nSPS) is 14.2. The Bertz CT molecular complexity index is 1160. The van der Waals surface area contributed by atoms with E-state index in [1.165, 1.54) is 13.1 Å². The topological polar surface area (TPSA) is 97.8 Å². The van der Waals surface area contributed by atoms with Crippen LogP contribution in [-0.2, 0) is 14.3 Å². The van der Waals surface area contributed by atoms with Gasteiger partial charge in [-0.25, -0.2) is 9.78 Å². The van der Waals surface area contributed by atoms with Crippen LogP contribution in [0.4, 0.5) is 11.5 Å². The highest BCUT2D eigenvalue weighted by Crippen LogP contribution is 2.23. The van der Waals surface area contributed by atoms with Crippen molar-refractivity contribution in [2.75, 3.05) is 36.5 Å². The number of nitrogens with one attached hydrogen (secondary N) is 1. The highest BCUT2D eigenvalue weighted by atomic mass is 16.5. The van der Waals surface area contributed by atoms with Crippen LogP contribution in [0, 0.1) is 0 Å². The van der Waals surface area contributed by atoms with Crippen LogP contribution < -0.4 is 10.2 Å². The highest BCUT2D eigenvalue weighted by Gasteiger charge is 2.26. The number of morpholine rings is 1. The molecule has 3 aromatic rings. The van der Waals surface area contributed by atoms with Crippen LogP contribution in [0.5, 0.6) is 0 Å². The summed E-state index contributed by atoms with van der Waals surface area (Å²) in [5.74, 6) is -0.557. The lowest BCUT2D eigenvalue weighted by atomic mass is 10.1. The van der Waals surface area contributed by atoms with Crippen LogP contribution in [0.15, 0.2) is 72.9 Å². The molecule has 1 fully saturated rings. The Morgan fingerprint density at radius 3 is 2.41 bits per heavy atom. The standard InChI is InChI=1S/C26H25N3O5/c1-18(30)20-8-5-9-22(16-20)28-25(31)24(19-6-3-2-4-7-19)34-26(32)21-10-11-23(27-17-21)29-12-14-33-15-13-29/h2-11,16-17,24H,12-15H2,1H3,(H,28,31). The quantitative estimate of drug-likeness (QED) is 0.425. The van der Waals surface area contributed by atoms with Crippen LogP contribution >= 0.6 is 0 Å². The molecule has 1 unspecified atom stereocenters. The van der Waals surface area contributed by atoms with Crippen molar-refractivity contribution < 1.29 is 23.9 Å². The molecule has 1 atom stereocenters. The summed E-state index contributed by atoms with van der Waals surface area (Å²) < 4.78 is 11.0. The molecule has 174 valence electrons. The average molecular weight is 460 g/mol. The van der Waals surface area contributed by atoms with E-state index in [0.717, 1.165) is 18.9 Å². The van der Waals surface area contributed by atoms with E-state index < -0.39 is 18.0 Å². The first kappa shape index (κ1) is 23.1. The number of anilines is 2. The molecule has 8 heteroatoms. The van der Waals surface area contributed by atoms with E-state index in [0.29, 0.717) is 30.0 Å². The number of nitrogens with zero attached hydrogens (tertiary/aromatic N) is 2. The number of hydrogen-bond acceptors (Lipinski definition) is 7. The van der Waals surface area contributed by atoms with Crippen molar-refractivity contribution in [2.24, 2.45) is 0 Å². The van der Waals surface area contributed by atoms with Crippen molar-refractivity contribution in [3.63, 3.8) is 0 Å². The first-order chi connectivity index (χ1) is 16.5. The van der Waals surface area contributed by atoms with E-state index in [1.807, 2.05) is 6.07 Å². The van der Waals surface area contributed by atoms with E-state index in [1.54, 1.807) is 60.7 Å². The van der Waals surface area contributed by atoms with Gasteiger partial charge in [-0.05, 0) is 31.2 Å². The molecule has 1 N–H and O–H groups in total.